The molecule has 0 aromatic heterocycles. The lowest BCUT2D eigenvalue weighted by Crippen LogP contribution is -2.62. The van der Waals surface area contributed by atoms with Gasteiger partial charge in [0.05, 0.1) is 13.2 Å². The number of primary amides is 1. The number of carboxylic acid groups (broad SMARTS) is 1. The Morgan fingerprint density at radius 2 is 2.11 bits per heavy atom. The van der Waals surface area contributed by atoms with Crippen molar-refractivity contribution in [3.63, 3.8) is 0 Å². The molecular weight excluding hydrogens is 238 g/mol. The number of morpholine rings is 1. The minimum atomic E-state index is -0.961. The van der Waals surface area contributed by atoms with Gasteiger partial charge in [0.15, 0.2) is 0 Å². The zero-order valence-electron chi connectivity index (χ0n) is 11.0. The SMILES string of the molecule is CC(C)(C)[C@H](NC1COCCN1C(N)=O)C(=O)O. The van der Waals surface area contributed by atoms with Crippen LogP contribution in [0.4, 0.5) is 4.79 Å². The maximum atomic E-state index is 11.3. The van der Waals surface area contributed by atoms with Crippen LogP contribution in [0.25, 0.3) is 0 Å². The van der Waals surface area contributed by atoms with Gasteiger partial charge in [0.2, 0.25) is 0 Å². The molecule has 1 heterocycles. The summed E-state index contributed by atoms with van der Waals surface area (Å²) in [7, 11) is 0. The van der Waals surface area contributed by atoms with Gasteiger partial charge in [-0.25, -0.2) is 4.79 Å². The van der Waals surface area contributed by atoms with E-state index >= 15 is 0 Å². The lowest BCUT2D eigenvalue weighted by atomic mass is 9.86. The fraction of sp³-hybridized carbons (Fsp3) is 0.818. The number of ether oxygens (including phenoxy) is 1. The van der Waals surface area contributed by atoms with Crippen molar-refractivity contribution >= 4 is 12.0 Å². The molecule has 0 saturated carbocycles. The van der Waals surface area contributed by atoms with Crippen LogP contribution in [0.3, 0.4) is 0 Å². The highest BCUT2D eigenvalue weighted by atomic mass is 16.5. The van der Waals surface area contributed by atoms with Gasteiger partial charge in [0.1, 0.15) is 12.2 Å². The smallest absolute Gasteiger partial charge is 0.321 e. The van der Waals surface area contributed by atoms with E-state index in [-0.39, 0.29) is 6.61 Å². The van der Waals surface area contributed by atoms with Gasteiger partial charge in [-0.2, -0.15) is 0 Å². The molecule has 1 unspecified atom stereocenters. The number of rotatable bonds is 3. The molecule has 0 radical (unpaired) electrons. The lowest BCUT2D eigenvalue weighted by Gasteiger charge is -2.39. The molecule has 0 aromatic carbocycles. The van der Waals surface area contributed by atoms with Crippen molar-refractivity contribution in [2.24, 2.45) is 11.1 Å². The molecule has 1 aliphatic heterocycles. The molecule has 0 bridgehead atoms. The first kappa shape index (κ1) is 14.7. The Hall–Kier alpha value is -1.34. The molecule has 104 valence electrons. The summed E-state index contributed by atoms with van der Waals surface area (Å²) in [5.74, 6) is -0.961. The molecule has 7 heteroatoms. The fourth-order valence-corrected chi connectivity index (χ4v) is 1.89. The van der Waals surface area contributed by atoms with Crippen LogP contribution < -0.4 is 11.1 Å². The van der Waals surface area contributed by atoms with Crippen molar-refractivity contribution in [3.05, 3.63) is 0 Å². The Balaban J connectivity index is 2.78. The van der Waals surface area contributed by atoms with Crippen molar-refractivity contribution in [2.75, 3.05) is 19.8 Å². The lowest BCUT2D eigenvalue weighted by molar-refractivity contribution is -0.143. The van der Waals surface area contributed by atoms with Crippen LogP contribution in [-0.2, 0) is 9.53 Å². The summed E-state index contributed by atoms with van der Waals surface area (Å²) in [5.41, 5.74) is 4.78. The van der Waals surface area contributed by atoms with Crippen molar-refractivity contribution in [1.82, 2.24) is 10.2 Å². The van der Waals surface area contributed by atoms with Crippen LogP contribution in [-0.4, -0.2) is 54.0 Å². The first-order chi connectivity index (χ1) is 8.23. The van der Waals surface area contributed by atoms with E-state index in [2.05, 4.69) is 5.32 Å². The van der Waals surface area contributed by atoms with Crippen LogP contribution in [0.1, 0.15) is 20.8 Å². The number of hydrogen-bond acceptors (Lipinski definition) is 4. The van der Waals surface area contributed by atoms with Crippen LogP contribution in [0, 0.1) is 5.41 Å². The van der Waals surface area contributed by atoms with Gasteiger partial charge in [-0.05, 0) is 5.41 Å². The maximum absolute atomic E-state index is 11.3. The first-order valence-corrected chi connectivity index (χ1v) is 5.86. The number of carboxylic acids is 1. The summed E-state index contributed by atoms with van der Waals surface area (Å²) < 4.78 is 5.25. The number of urea groups is 1. The van der Waals surface area contributed by atoms with E-state index < -0.39 is 29.6 Å². The predicted molar refractivity (Wildman–Crippen MR) is 64.9 cm³/mol. The van der Waals surface area contributed by atoms with E-state index in [4.69, 9.17) is 10.5 Å². The molecule has 0 aliphatic carbocycles. The van der Waals surface area contributed by atoms with Gasteiger partial charge in [-0.1, -0.05) is 20.8 Å². The molecule has 0 aromatic rings. The van der Waals surface area contributed by atoms with Crippen molar-refractivity contribution in [3.8, 4) is 0 Å². The highest BCUT2D eigenvalue weighted by Gasteiger charge is 2.36. The number of carbonyl (C=O) groups is 2. The standard InChI is InChI=1S/C11H21N3O4/c1-11(2,3)8(9(15)16)13-7-6-18-5-4-14(7)10(12)17/h7-8,13H,4-6H2,1-3H3,(H2,12,17)(H,15,16)/t7?,8-/m1/s1. The Kier molecular flexibility index (Phi) is 4.53. The number of amides is 2. The predicted octanol–water partition coefficient (Wildman–Crippen LogP) is -0.188. The molecule has 7 nitrogen and oxygen atoms in total. The van der Waals surface area contributed by atoms with E-state index in [1.807, 2.05) is 20.8 Å². The Bertz CT molecular complexity index is 327. The molecule has 0 spiro atoms. The van der Waals surface area contributed by atoms with Gasteiger partial charge in [0.25, 0.3) is 0 Å². The second-order valence-corrected chi connectivity index (χ2v) is 5.43. The van der Waals surface area contributed by atoms with E-state index in [9.17, 15) is 14.7 Å². The Labute approximate surface area is 106 Å². The molecule has 1 rings (SSSR count). The van der Waals surface area contributed by atoms with Crippen LogP contribution >= 0.6 is 0 Å². The second-order valence-electron chi connectivity index (χ2n) is 5.43. The average molecular weight is 259 g/mol. The van der Waals surface area contributed by atoms with Gasteiger partial charge < -0.3 is 20.5 Å². The third kappa shape index (κ3) is 3.58. The van der Waals surface area contributed by atoms with Crippen LogP contribution in [0.5, 0.6) is 0 Å². The number of nitrogens with two attached hydrogens (primary N) is 1. The topological polar surface area (TPSA) is 105 Å². The number of aliphatic carboxylic acids is 1. The van der Waals surface area contributed by atoms with E-state index in [1.54, 1.807) is 0 Å². The van der Waals surface area contributed by atoms with Crippen molar-refractivity contribution in [1.29, 1.82) is 0 Å². The van der Waals surface area contributed by atoms with Gasteiger partial charge in [-0.3, -0.25) is 10.1 Å². The van der Waals surface area contributed by atoms with Crippen molar-refractivity contribution in [2.45, 2.75) is 33.0 Å². The van der Waals surface area contributed by atoms with Gasteiger partial charge in [0, 0.05) is 6.54 Å². The van der Waals surface area contributed by atoms with Gasteiger partial charge in [-0.15, -0.1) is 0 Å². The summed E-state index contributed by atoms with van der Waals surface area (Å²) in [6, 6.07) is -1.36. The number of hydrogen-bond donors (Lipinski definition) is 3. The molecule has 18 heavy (non-hydrogen) atoms. The first-order valence-electron chi connectivity index (χ1n) is 5.86. The summed E-state index contributed by atoms with van der Waals surface area (Å²) in [4.78, 5) is 23.9. The van der Waals surface area contributed by atoms with Gasteiger partial charge >= 0.3 is 12.0 Å². The molecule has 2 atom stereocenters. The minimum Gasteiger partial charge on any atom is -0.480 e. The average Bonchev–Trinajstić information content (AvgIpc) is 2.24. The molecular formula is C11H21N3O4. The third-order valence-corrected chi connectivity index (χ3v) is 2.88. The summed E-state index contributed by atoms with van der Waals surface area (Å²) in [6.45, 7) is 6.46. The minimum absolute atomic E-state index is 0.239. The Morgan fingerprint density at radius 1 is 1.50 bits per heavy atom. The molecule has 1 aliphatic rings. The third-order valence-electron chi connectivity index (χ3n) is 2.88. The normalized spacial score (nSPS) is 22.6. The highest BCUT2D eigenvalue weighted by molar-refractivity contribution is 5.75. The molecule has 2 amide bonds. The van der Waals surface area contributed by atoms with E-state index in [0.717, 1.165) is 0 Å². The maximum Gasteiger partial charge on any atom is 0.321 e. The largest absolute Gasteiger partial charge is 0.480 e. The number of nitrogens with zero attached hydrogens (tertiary/aromatic N) is 1. The van der Waals surface area contributed by atoms with Crippen LogP contribution in [0.2, 0.25) is 0 Å². The second kappa shape index (κ2) is 5.53. The fourth-order valence-electron chi connectivity index (χ4n) is 1.89. The summed E-state index contributed by atoms with van der Waals surface area (Å²) in [5, 5.41) is 12.2. The Morgan fingerprint density at radius 3 is 2.56 bits per heavy atom. The van der Waals surface area contributed by atoms with E-state index in [0.29, 0.717) is 13.2 Å². The van der Waals surface area contributed by atoms with Crippen LogP contribution in [0.15, 0.2) is 0 Å². The number of carbonyl (C=O) groups excluding carboxylic acids is 1. The zero-order valence-corrected chi connectivity index (χ0v) is 11.0. The summed E-state index contributed by atoms with van der Waals surface area (Å²) >= 11 is 0. The zero-order chi connectivity index (χ0) is 13.9. The van der Waals surface area contributed by atoms with Crippen molar-refractivity contribution < 1.29 is 19.4 Å². The highest BCUT2D eigenvalue weighted by Crippen LogP contribution is 2.21. The number of nitrogens with one attached hydrogen (secondary N) is 1. The summed E-state index contributed by atoms with van der Waals surface area (Å²) in [6.07, 6.45) is -0.503. The monoisotopic (exact) mass is 259 g/mol. The quantitative estimate of drug-likeness (QED) is 0.651. The molecule has 1 saturated heterocycles. The molecule has 1 fully saturated rings. The molecule has 4 N–H and O–H groups in total. The van der Waals surface area contributed by atoms with E-state index in [1.165, 1.54) is 4.90 Å².